The molecule has 0 spiro atoms. The van der Waals surface area contributed by atoms with Crippen LogP contribution in [0.25, 0.3) is 0 Å². The molecule has 0 unspecified atom stereocenters. The summed E-state index contributed by atoms with van der Waals surface area (Å²) in [5, 5.41) is 0. The quantitative estimate of drug-likeness (QED) is 0.308. The molecule has 0 bridgehead atoms. The zero-order valence-corrected chi connectivity index (χ0v) is 13.4. The van der Waals surface area contributed by atoms with Gasteiger partial charge < -0.3 is 0 Å². The Bertz CT molecular complexity index is 170. The standard InChI is InChI=1S/3ClHO4.Tl/c3*2-1(3,4)5;/h3*(H,2,3,4,5);/q;;;+3/p-3. The minimum absolute atomic E-state index is 3.18. The van der Waals surface area contributed by atoms with Crippen molar-refractivity contribution in [3.63, 3.8) is 0 Å². The molecule has 0 N–H and O–H groups in total. The predicted octanol–water partition coefficient (Wildman–Crippen LogP) is -11.3. The number of halogens is 3. The molecule has 0 radical (unpaired) electrons. The van der Waals surface area contributed by atoms with E-state index in [0.29, 0.717) is 0 Å². The van der Waals surface area contributed by atoms with Crippen LogP contribution in [0.1, 0.15) is 0 Å². The molecule has 0 aliphatic heterocycles. The van der Waals surface area contributed by atoms with Gasteiger partial charge in [-0.1, -0.05) is 0 Å². The summed E-state index contributed by atoms with van der Waals surface area (Å²) in [5.74, 6) is 0. The zero-order valence-electron chi connectivity index (χ0n) is 6.61. The first-order chi connectivity index (χ1) is 6.79. The Labute approximate surface area is 103 Å². The Balaban J connectivity index is 4.53. The van der Waals surface area contributed by atoms with Crippen LogP contribution in [0, 0.1) is 30.7 Å². The Kier molecular flexibility index (Phi) is 6.46. The minimum atomic E-state index is -5.73. The van der Waals surface area contributed by atoms with E-state index in [1.165, 1.54) is 0 Å². The molecule has 16 heavy (non-hydrogen) atoms. The normalized spacial score (nSPS) is 14.1. The van der Waals surface area contributed by atoms with Crippen molar-refractivity contribution in [1.82, 2.24) is 0 Å². The van der Waals surface area contributed by atoms with Crippen LogP contribution < -0.4 is 41.9 Å². The maximum atomic E-state index is 9.90. The van der Waals surface area contributed by atoms with E-state index in [1.807, 2.05) is 0 Å². The van der Waals surface area contributed by atoms with Gasteiger partial charge in [-0.2, -0.15) is 0 Å². The summed E-state index contributed by atoms with van der Waals surface area (Å²) in [7, 11) is -15.9. The third-order valence-corrected chi connectivity index (χ3v) is 14.4. The molecule has 0 rings (SSSR count). The third-order valence-electron chi connectivity index (χ3n) is 0.546. The molecule has 0 aliphatic carbocycles. The summed E-state index contributed by atoms with van der Waals surface area (Å²) < 4.78 is 98.7. The fraction of sp³-hybridized carbons (Fsp3) is 0. The topological polar surface area (TPSA) is 235 Å². The second-order valence-corrected chi connectivity index (χ2v) is 13.0. The SMILES string of the molecule is [O-][Cl+3]([O-])([O-])[O][Tl]([O][Cl+3]([O-])([O-])[O-])[O][Cl+3]([O-])([O-])[O-]. The van der Waals surface area contributed by atoms with Gasteiger partial charge in [0, 0.05) is 0 Å². The molecule has 0 heterocycles. The second kappa shape index (κ2) is 5.97. The number of hydrogen-bond donors (Lipinski definition) is 0. The van der Waals surface area contributed by atoms with Crippen molar-refractivity contribution in [1.29, 1.82) is 0 Å². The van der Waals surface area contributed by atoms with Crippen LogP contribution in [0.5, 0.6) is 0 Å². The first-order valence-electron chi connectivity index (χ1n) is 2.56. The molecular formula is Cl3O12Tl. The monoisotopic (exact) mass is 502 g/mol. The summed E-state index contributed by atoms with van der Waals surface area (Å²) in [6, 6.07) is 0. The van der Waals surface area contributed by atoms with Crippen LogP contribution in [-0.4, -0.2) is 24.1 Å². The Morgan fingerprint density at radius 3 is 0.812 bits per heavy atom. The van der Waals surface area contributed by atoms with Crippen molar-refractivity contribution in [2.75, 3.05) is 0 Å². The van der Waals surface area contributed by atoms with E-state index in [9.17, 15) is 41.9 Å². The van der Waals surface area contributed by atoms with E-state index in [1.54, 1.807) is 0 Å². The molecule has 16 heteroatoms. The van der Waals surface area contributed by atoms with Gasteiger partial charge in [0.15, 0.2) is 0 Å². The van der Waals surface area contributed by atoms with Gasteiger partial charge in [-0.05, 0) is 0 Å². The predicted molar refractivity (Wildman–Crippen MR) is 9.01 cm³/mol. The van der Waals surface area contributed by atoms with Gasteiger partial charge in [-0.15, -0.1) is 0 Å². The fourth-order valence-electron chi connectivity index (χ4n) is 0.309. The molecular weight excluding hydrogens is 503 g/mol. The Morgan fingerprint density at radius 1 is 0.500 bits per heavy atom. The summed E-state index contributed by atoms with van der Waals surface area (Å²) in [6.45, 7) is 0. The van der Waals surface area contributed by atoms with Crippen LogP contribution in [0.4, 0.5) is 0 Å². The van der Waals surface area contributed by atoms with Crippen LogP contribution in [0.3, 0.4) is 0 Å². The fourth-order valence-corrected chi connectivity index (χ4v) is 10.3. The second-order valence-electron chi connectivity index (χ2n) is 1.69. The summed E-state index contributed by atoms with van der Waals surface area (Å²) in [6.07, 6.45) is 0. The van der Waals surface area contributed by atoms with Crippen LogP contribution in [-0.2, 0) is 6.72 Å². The first-order valence-corrected chi connectivity index (χ1v) is 11.8. The van der Waals surface area contributed by atoms with E-state index < -0.39 is 54.8 Å². The van der Waals surface area contributed by atoms with E-state index in [2.05, 4.69) is 6.72 Å². The van der Waals surface area contributed by atoms with Crippen molar-refractivity contribution in [2.24, 2.45) is 0 Å². The van der Waals surface area contributed by atoms with Crippen molar-refractivity contribution >= 4 is 24.1 Å². The molecule has 0 amide bonds. The van der Waals surface area contributed by atoms with Gasteiger partial charge in [-0.25, -0.2) is 0 Å². The molecule has 0 aromatic heterocycles. The van der Waals surface area contributed by atoms with Gasteiger partial charge in [0.1, 0.15) is 0 Å². The molecule has 0 aromatic carbocycles. The van der Waals surface area contributed by atoms with Crippen molar-refractivity contribution in [3.8, 4) is 0 Å². The van der Waals surface area contributed by atoms with Gasteiger partial charge >= 0.3 is 103 Å². The van der Waals surface area contributed by atoms with Gasteiger partial charge in [-0.3, -0.25) is 0 Å². The van der Waals surface area contributed by atoms with Crippen molar-refractivity contribution in [2.45, 2.75) is 0 Å². The zero-order chi connectivity index (χ0) is 13.2. The van der Waals surface area contributed by atoms with Crippen molar-refractivity contribution in [3.05, 3.63) is 0 Å². The van der Waals surface area contributed by atoms with Crippen LogP contribution >= 0.6 is 0 Å². The molecule has 0 saturated carbocycles. The molecule has 12 nitrogen and oxygen atoms in total. The number of hydrogen-bond acceptors (Lipinski definition) is 12. The van der Waals surface area contributed by atoms with E-state index >= 15 is 0 Å². The summed E-state index contributed by atoms with van der Waals surface area (Å²) in [5.41, 5.74) is 0. The average Bonchev–Trinajstić information content (AvgIpc) is 1.70. The van der Waals surface area contributed by atoms with Gasteiger partial charge in [0.25, 0.3) is 0 Å². The molecule has 0 fully saturated rings. The van der Waals surface area contributed by atoms with Crippen molar-refractivity contribution < 1.29 is 79.4 Å². The maximum absolute atomic E-state index is 9.90. The number of rotatable bonds is 6. The summed E-state index contributed by atoms with van der Waals surface area (Å²) >= 11 is -5.73. The molecule has 0 saturated heterocycles. The molecule has 96 valence electrons. The Morgan fingerprint density at radius 2 is 0.688 bits per heavy atom. The summed E-state index contributed by atoms with van der Waals surface area (Å²) in [4.78, 5) is 0. The van der Waals surface area contributed by atoms with Crippen LogP contribution in [0.15, 0.2) is 0 Å². The van der Waals surface area contributed by atoms with Crippen LogP contribution in [0.2, 0.25) is 0 Å². The van der Waals surface area contributed by atoms with Gasteiger partial charge in [0.05, 0.1) is 0 Å². The molecule has 0 aliphatic rings. The molecule has 0 atom stereocenters. The Hall–Kier alpha value is 1.31. The van der Waals surface area contributed by atoms with Gasteiger partial charge in [0.2, 0.25) is 0 Å². The average molecular weight is 503 g/mol. The van der Waals surface area contributed by atoms with E-state index in [-0.39, 0.29) is 0 Å². The third kappa shape index (κ3) is 11.8. The first kappa shape index (κ1) is 17.3. The van der Waals surface area contributed by atoms with E-state index in [0.717, 1.165) is 0 Å². The van der Waals surface area contributed by atoms with E-state index in [4.69, 9.17) is 0 Å². The molecule has 0 aromatic rings.